The van der Waals surface area contributed by atoms with E-state index in [0.717, 1.165) is 0 Å². The highest BCUT2D eigenvalue weighted by molar-refractivity contribution is 7.87. The normalized spacial score (nSPS) is 17.1. The monoisotopic (exact) mass is 716 g/mol. The fraction of sp³-hybridized carbons (Fsp3) is 1.00. The van der Waals surface area contributed by atoms with Gasteiger partial charge in [-0.1, -0.05) is 0 Å². The van der Waals surface area contributed by atoms with Crippen molar-refractivity contribution < 1.29 is 127 Å². The van der Waals surface area contributed by atoms with Gasteiger partial charge in [0, 0.05) is 0 Å². The molecule has 0 aliphatic rings. The molecule has 42 heavy (non-hydrogen) atoms. The molecule has 0 aromatic rings. The largest absolute Gasteiger partial charge is 0.440 e. The maximum absolute atomic E-state index is 13.5. The first-order valence-corrected chi connectivity index (χ1v) is 9.79. The van der Waals surface area contributed by atoms with Gasteiger partial charge in [-0.05, 0) is 0 Å². The average molecular weight is 716 g/mol. The van der Waals surface area contributed by atoms with Gasteiger partial charge in [-0.2, -0.15) is 114 Å². The average Bonchev–Trinajstić information content (AvgIpc) is 2.68. The van der Waals surface area contributed by atoms with E-state index in [2.05, 4.69) is 0 Å². The van der Waals surface area contributed by atoms with Crippen LogP contribution in [0.1, 0.15) is 0 Å². The molecule has 0 heterocycles. The molecule has 254 valence electrons. The maximum Gasteiger partial charge on any atom is 0.440 e. The van der Waals surface area contributed by atoms with E-state index in [1.807, 2.05) is 0 Å². The SMILES string of the molecule is O=S(=O)(O)C(F)(F)C(F)(F)C(F)(F)C(F)(F)C(F)(F)C(F)(F)C(F)(F)C(F)(F)OC(F)(F)C(F)(C(F)(F)F)C(F)(F)F. The Balaban J connectivity index is 7.27. The fourth-order valence-electron chi connectivity index (χ4n) is 2.10. The van der Waals surface area contributed by atoms with Crippen molar-refractivity contribution in [2.24, 2.45) is 0 Å². The van der Waals surface area contributed by atoms with Crippen molar-refractivity contribution in [3.63, 3.8) is 0 Å². The standard InChI is InChI=1S/C12HF25O4S/c13-1(8(26,27)28,9(29,30)31)10(32,33)41-11(34,35)6(22,23)4(18,19)2(14,15)3(16,17)5(20,21)7(24,25)12(36,37)42(38,39)40/h(H,38,39,40). The summed E-state index contributed by atoms with van der Waals surface area (Å²) in [7, 11) is -8.21. The van der Waals surface area contributed by atoms with Crippen LogP contribution in [0.15, 0.2) is 0 Å². The molecule has 0 amide bonds. The van der Waals surface area contributed by atoms with E-state index in [1.165, 1.54) is 0 Å². The minimum absolute atomic E-state index is 0.696. The highest BCUT2D eigenvalue weighted by atomic mass is 32.2. The summed E-state index contributed by atoms with van der Waals surface area (Å²) >= 11 is 0. The van der Waals surface area contributed by atoms with Gasteiger partial charge in [-0.15, -0.1) is 0 Å². The smallest absolute Gasteiger partial charge is 0.281 e. The zero-order valence-electron chi connectivity index (χ0n) is 17.5. The fourth-order valence-corrected chi connectivity index (χ4v) is 2.55. The van der Waals surface area contributed by atoms with Crippen LogP contribution in [0.25, 0.3) is 0 Å². The first kappa shape index (κ1) is 40.1. The molecule has 0 aliphatic heterocycles. The van der Waals surface area contributed by atoms with Gasteiger partial charge in [0.1, 0.15) is 0 Å². The molecule has 4 nitrogen and oxygen atoms in total. The Labute approximate surface area is 210 Å². The Kier molecular flexibility index (Phi) is 9.13. The lowest BCUT2D eigenvalue weighted by molar-refractivity contribution is -0.528. The van der Waals surface area contributed by atoms with Crippen LogP contribution in [0.2, 0.25) is 0 Å². The predicted octanol–water partition coefficient (Wildman–Crippen LogP) is 7.31. The number of rotatable bonds is 11. The molecule has 0 bridgehead atoms. The molecule has 0 aromatic carbocycles. The molecule has 0 aromatic heterocycles. The summed E-state index contributed by atoms with van der Waals surface area (Å²) in [5.74, 6) is -56.0. The van der Waals surface area contributed by atoms with Crippen LogP contribution in [-0.2, 0) is 14.9 Å². The second kappa shape index (κ2) is 9.56. The van der Waals surface area contributed by atoms with E-state index in [1.54, 1.807) is 0 Å². The second-order valence-electron chi connectivity index (χ2n) is 7.23. The van der Waals surface area contributed by atoms with Crippen molar-refractivity contribution in [1.29, 1.82) is 0 Å². The molecule has 0 fully saturated rings. The Morgan fingerprint density at radius 2 is 0.619 bits per heavy atom. The Bertz CT molecular complexity index is 1100. The molecule has 0 radical (unpaired) electrons. The number of hydrogen-bond acceptors (Lipinski definition) is 3. The molecular formula is C12HF25O4S. The molecule has 0 rings (SSSR count). The van der Waals surface area contributed by atoms with Crippen LogP contribution in [0.4, 0.5) is 110 Å². The summed E-state index contributed by atoms with van der Waals surface area (Å²) in [5, 5.41) is -8.18. The molecule has 0 saturated carbocycles. The van der Waals surface area contributed by atoms with Gasteiger partial charge in [0.05, 0.1) is 0 Å². The molecule has 0 unspecified atom stereocenters. The number of halogens is 25. The summed E-state index contributed by atoms with van der Waals surface area (Å²) < 4.78 is 355. The van der Waals surface area contributed by atoms with Gasteiger partial charge in [-0.3, -0.25) is 4.55 Å². The third-order valence-electron chi connectivity index (χ3n) is 4.47. The summed E-state index contributed by atoms with van der Waals surface area (Å²) in [5.41, 5.74) is -8.69. The lowest BCUT2D eigenvalue weighted by Gasteiger charge is -2.44. The summed E-state index contributed by atoms with van der Waals surface area (Å²) in [4.78, 5) is 0. The van der Waals surface area contributed by atoms with E-state index in [9.17, 15) is 118 Å². The van der Waals surface area contributed by atoms with Gasteiger partial charge in [0.25, 0.3) is 0 Å². The van der Waals surface area contributed by atoms with Crippen molar-refractivity contribution in [3.05, 3.63) is 0 Å². The van der Waals surface area contributed by atoms with Crippen molar-refractivity contribution in [2.45, 2.75) is 71.0 Å². The predicted molar refractivity (Wildman–Crippen MR) is 73.1 cm³/mol. The Hall–Kier alpha value is -1.88. The molecule has 0 spiro atoms. The van der Waals surface area contributed by atoms with Gasteiger partial charge >= 0.3 is 81.1 Å². The third-order valence-corrected chi connectivity index (χ3v) is 5.37. The van der Waals surface area contributed by atoms with Crippen LogP contribution >= 0.6 is 0 Å². The molecule has 0 atom stereocenters. The first-order chi connectivity index (χ1) is 17.5. The lowest BCUT2D eigenvalue weighted by Crippen LogP contribution is -2.76. The van der Waals surface area contributed by atoms with Gasteiger partial charge < -0.3 is 0 Å². The molecule has 30 heteroatoms. The minimum Gasteiger partial charge on any atom is -0.281 e. The topological polar surface area (TPSA) is 63.6 Å². The van der Waals surface area contributed by atoms with E-state index in [0.29, 0.717) is 4.74 Å². The van der Waals surface area contributed by atoms with Gasteiger partial charge in [0.15, 0.2) is 0 Å². The number of alkyl halides is 25. The zero-order valence-corrected chi connectivity index (χ0v) is 18.3. The van der Waals surface area contributed by atoms with Crippen LogP contribution in [0.3, 0.4) is 0 Å². The molecular weight excluding hydrogens is 715 g/mol. The van der Waals surface area contributed by atoms with E-state index >= 15 is 0 Å². The Morgan fingerprint density at radius 3 is 0.857 bits per heavy atom. The van der Waals surface area contributed by atoms with Crippen LogP contribution in [0.5, 0.6) is 0 Å². The van der Waals surface area contributed by atoms with Crippen LogP contribution in [-0.4, -0.2) is 84.0 Å². The van der Waals surface area contributed by atoms with Crippen molar-refractivity contribution >= 4 is 10.1 Å². The third kappa shape index (κ3) is 4.94. The minimum atomic E-state index is -9.56. The zero-order chi connectivity index (χ0) is 35.2. The highest BCUT2D eigenvalue weighted by Gasteiger charge is 2.97. The van der Waals surface area contributed by atoms with Crippen molar-refractivity contribution in [2.75, 3.05) is 0 Å². The van der Waals surface area contributed by atoms with Gasteiger partial charge in [-0.25, -0.2) is 9.13 Å². The Morgan fingerprint density at radius 1 is 0.381 bits per heavy atom. The van der Waals surface area contributed by atoms with E-state index in [-0.39, 0.29) is 0 Å². The lowest BCUT2D eigenvalue weighted by atomic mass is 9.91. The van der Waals surface area contributed by atoms with Crippen molar-refractivity contribution in [1.82, 2.24) is 0 Å². The molecule has 0 aliphatic carbocycles. The van der Waals surface area contributed by atoms with E-state index < -0.39 is 81.1 Å². The van der Waals surface area contributed by atoms with E-state index in [4.69, 9.17) is 4.55 Å². The summed E-state index contributed by atoms with van der Waals surface area (Å²) in [6.07, 6.45) is -34.4. The molecule has 0 saturated heterocycles. The van der Waals surface area contributed by atoms with Gasteiger partial charge in [0.2, 0.25) is 0 Å². The first-order valence-electron chi connectivity index (χ1n) is 8.35. The quantitative estimate of drug-likeness (QED) is 0.180. The molecule has 1 N–H and O–H groups in total. The second-order valence-corrected chi connectivity index (χ2v) is 8.69. The summed E-state index contributed by atoms with van der Waals surface area (Å²) in [6.45, 7) is 0. The van der Waals surface area contributed by atoms with Crippen LogP contribution < -0.4 is 0 Å². The number of hydrogen-bond donors (Lipinski definition) is 1. The highest BCUT2D eigenvalue weighted by Crippen LogP contribution is 2.65. The van der Waals surface area contributed by atoms with Crippen molar-refractivity contribution in [3.8, 4) is 0 Å². The summed E-state index contributed by atoms with van der Waals surface area (Å²) in [6, 6.07) is 0. The number of ether oxygens (including phenoxy) is 1. The van der Waals surface area contributed by atoms with Crippen LogP contribution in [0, 0.1) is 0 Å². The maximum atomic E-state index is 13.5.